The van der Waals surface area contributed by atoms with Crippen LogP contribution in [0.15, 0.2) is 36.4 Å². The van der Waals surface area contributed by atoms with E-state index in [0.29, 0.717) is 11.3 Å². The molecule has 0 radical (unpaired) electrons. The van der Waals surface area contributed by atoms with E-state index in [9.17, 15) is 27.7 Å². The van der Waals surface area contributed by atoms with Crippen LogP contribution in [0, 0.1) is 28.8 Å². The van der Waals surface area contributed by atoms with Crippen molar-refractivity contribution in [1.82, 2.24) is 4.31 Å². The number of hydrogen-bond donors (Lipinski definition) is 1. The van der Waals surface area contributed by atoms with E-state index in [4.69, 9.17) is 11.6 Å². The maximum absolute atomic E-state index is 14.0. The van der Waals surface area contributed by atoms with Gasteiger partial charge < -0.3 is 5.32 Å². The van der Waals surface area contributed by atoms with Gasteiger partial charge in [0, 0.05) is 35.7 Å². The normalized spacial score (nSPS) is 15.6. The van der Waals surface area contributed by atoms with Crippen molar-refractivity contribution < 1.29 is 22.5 Å². The van der Waals surface area contributed by atoms with Crippen LogP contribution in [0.5, 0.6) is 0 Å². The Morgan fingerprint density at radius 3 is 2.52 bits per heavy atom. The number of nitro benzene ring substituents is 1. The van der Waals surface area contributed by atoms with Crippen molar-refractivity contribution in [2.45, 2.75) is 25.5 Å². The predicted octanol–water partition coefficient (Wildman–Crippen LogP) is 3.88. The zero-order valence-corrected chi connectivity index (χ0v) is 18.2. The summed E-state index contributed by atoms with van der Waals surface area (Å²) in [6, 6.07) is 8.42. The fraction of sp³-hybridized carbons (Fsp3) is 0.350. The first-order valence-electron chi connectivity index (χ1n) is 9.55. The molecule has 166 valence electrons. The van der Waals surface area contributed by atoms with Gasteiger partial charge in [0.25, 0.3) is 5.69 Å². The molecule has 1 N–H and O–H groups in total. The predicted molar refractivity (Wildman–Crippen MR) is 115 cm³/mol. The van der Waals surface area contributed by atoms with Crippen molar-refractivity contribution >= 4 is 38.9 Å². The molecule has 0 atom stereocenters. The number of hydrogen-bond acceptors (Lipinski definition) is 5. The quantitative estimate of drug-likeness (QED) is 0.510. The second kappa shape index (κ2) is 9.29. The van der Waals surface area contributed by atoms with E-state index < -0.39 is 32.4 Å². The lowest BCUT2D eigenvalue weighted by Gasteiger charge is -2.30. The number of nitrogens with zero attached hydrogens (tertiary/aromatic N) is 2. The van der Waals surface area contributed by atoms with Crippen LogP contribution in [0.3, 0.4) is 0 Å². The van der Waals surface area contributed by atoms with Crippen LogP contribution >= 0.6 is 11.6 Å². The molecule has 3 rings (SSSR count). The summed E-state index contributed by atoms with van der Waals surface area (Å²) in [6.45, 7) is 1.78. The molecule has 0 aliphatic carbocycles. The average Bonchev–Trinajstić information content (AvgIpc) is 2.72. The number of carbonyl (C=O) groups is 1. The Hall–Kier alpha value is -2.56. The first-order valence-corrected chi connectivity index (χ1v) is 11.5. The van der Waals surface area contributed by atoms with Gasteiger partial charge in [-0.2, -0.15) is 0 Å². The Balaban J connectivity index is 1.63. The van der Waals surface area contributed by atoms with E-state index in [0.717, 1.165) is 6.07 Å². The van der Waals surface area contributed by atoms with Gasteiger partial charge in [0.15, 0.2) is 0 Å². The smallest absolute Gasteiger partial charge is 0.274 e. The second-order valence-electron chi connectivity index (χ2n) is 7.33. The third kappa shape index (κ3) is 5.20. The van der Waals surface area contributed by atoms with Gasteiger partial charge in [0.1, 0.15) is 5.82 Å². The van der Waals surface area contributed by atoms with Gasteiger partial charge in [-0.1, -0.05) is 23.7 Å². The summed E-state index contributed by atoms with van der Waals surface area (Å²) in [5.74, 6) is -2.00. The molecule has 2 aromatic rings. The number of piperidine rings is 1. The Morgan fingerprint density at radius 2 is 1.90 bits per heavy atom. The number of sulfonamides is 1. The van der Waals surface area contributed by atoms with Crippen LogP contribution in [0.2, 0.25) is 5.02 Å². The van der Waals surface area contributed by atoms with Gasteiger partial charge in [0.2, 0.25) is 15.9 Å². The molecular weight excluding hydrogens is 449 g/mol. The largest absolute Gasteiger partial charge is 0.325 e. The Labute approximate surface area is 184 Å². The lowest BCUT2D eigenvalue weighted by molar-refractivity contribution is -0.385. The van der Waals surface area contributed by atoms with E-state index >= 15 is 0 Å². The fourth-order valence-electron chi connectivity index (χ4n) is 3.53. The number of benzene rings is 2. The van der Waals surface area contributed by atoms with Crippen molar-refractivity contribution in [3.05, 3.63) is 68.5 Å². The highest BCUT2D eigenvalue weighted by Crippen LogP contribution is 2.28. The van der Waals surface area contributed by atoms with Gasteiger partial charge >= 0.3 is 0 Å². The number of halogens is 2. The second-order valence-corrected chi connectivity index (χ2v) is 9.70. The average molecular weight is 470 g/mol. The third-order valence-electron chi connectivity index (χ3n) is 5.37. The summed E-state index contributed by atoms with van der Waals surface area (Å²) in [5.41, 5.74) is 0.529. The van der Waals surface area contributed by atoms with Crippen LogP contribution in [0.1, 0.15) is 24.0 Å². The van der Waals surface area contributed by atoms with E-state index in [-0.39, 0.29) is 48.1 Å². The van der Waals surface area contributed by atoms with Crippen molar-refractivity contribution in [1.29, 1.82) is 0 Å². The molecule has 1 aliphatic rings. The number of nitro groups is 1. The highest BCUT2D eigenvalue weighted by molar-refractivity contribution is 7.88. The summed E-state index contributed by atoms with van der Waals surface area (Å²) < 4.78 is 40.6. The van der Waals surface area contributed by atoms with Crippen LogP contribution in [-0.2, 0) is 20.6 Å². The van der Waals surface area contributed by atoms with Crippen molar-refractivity contribution in [3.8, 4) is 0 Å². The number of amides is 1. The summed E-state index contributed by atoms with van der Waals surface area (Å²) in [5, 5.41) is 13.8. The molecule has 0 aromatic heterocycles. The molecule has 1 heterocycles. The summed E-state index contributed by atoms with van der Waals surface area (Å²) in [7, 11) is -3.81. The van der Waals surface area contributed by atoms with E-state index in [2.05, 4.69) is 5.32 Å². The highest BCUT2D eigenvalue weighted by atomic mass is 35.5. The molecule has 31 heavy (non-hydrogen) atoms. The fourth-order valence-corrected chi connectivity index (χ4v) is 5.45. The molecule has 1 aliphatic heterocycles. The topological polar surface area (TPSA) is 110 Å². The molecule has 0 bridgehead atoms. The molecule has 0 saturated carbocycles. The van der Waals surface area contributed by atoms with E-state index in [1.54, 1.807) is 13.0 Å². The molecule has 0 unspecified atom stereocenters. The van der Waals surface area contributed by atoms with Gasteiger partial charge in [-0.05, 0) is 38.0 Å². The Morgan fingerprint density at radius 1 is 1.26 bits per heavy atom. The van der Waals surface area contributed by atoms with Gasteiger partial charge in [0.05, 0.1) is 21.9 Å². The van der Waals surface area contributed by atoms with Crippen LogP contribution in [0.4, 0.5) is 15.8 Å². The molecular formula is C20H21ClFN3O5S. The number of rotatable bonds is 6. The first-order chi connectivity index (χ1) is 14.6. The lowest BCUT2D eigenvalue weighted by atomic mass is 9.97. The monoisotopic (exact) mass is 469 g/mol. The van der Waals surface area contributed by atoms with E-state index in [1.807, 2.05) is 0 Å². The van der Waals surface area contributed by atoms with Crippen molar-refractivity contribution in [2.24, 2.45) is 5.92 Å². The van der Waals surface area contributed by atoms with Gasteiger partial charge in [-0.15, -0.1) is 0 Å². The number of nitrogens with one attached hydrogen (secondary N) is 1. The summed E-state index contributed by atoms with van der Waals surface area (Å²) in [6.07, 6.45) is 0.564. The SMILES string of the molecule is Cc1c(NC(=O)C2CCN(S(=O)(=O)Cc3c(F)cccc3Cl)CC2)cccc1[N+](=O)[O-]. The standard InChI is InChI=1S/C20H21ClFN3O5S/c1-13-18(6-3-7-19(13)25(27)28)23-20(26)14-8-10-24(11-9-14)31(29,30)12-15-16(21)4-2-5-17(15)22/h2-7,14H,8-12H2,1H3,(H,23,26). The van der Waals surface area contributed by atoms with Crippen LogP contribution in [0.25, 0.3) is 0 Å². The lowest BCUT2D eigenvalue weighted by Crippen LogP contribution is -2.42. The first kappa shape index (κ1) is 23.1. The van der Waals surface area contributed by atoms with Gasteiger partial charge in [-0.25, -0.2) is 17.1 Å². The number of carbonyl (C=O) groups excluding carboxylic acids is 1. The summed E-state index contributed by atoms with van der Waals surface area (Å²) in [4.78, 5) is 23.2. The van der Waals surface area contributed by atoms with Crippen LogP contribution in [-0.4, -0.2) is 36.6 Å². The third-order valence-corrected chi connectivity index (χ3v) is 7.53. The number of anilines is 1. The zero-order chi connectivity index (χ0) is 22.8. The molecule has 1 amide bonds. The maximum atomic E-state index is 14.0. The van der Waals surface area contributed by atoms with Gasteiger partial charge in [-0.3, -0.25) is 14.9 Å². The van der Waals surface area contributed by atoms with Crippen molar-refractivity contribution in [2.75, 3.05) is 18.4 Å². The minimum atomic E-state index is -3.81. The molecule has 1 fully saturated rings. The molecule has 2 aromatic carbocycles. The van der Waals surface area contributed by atoms with E-state index in [1.165, 1.54) is 28.6 Å². The zero-order valence-electron chi connectivity index (χ0n) is 16.7. The molecule has 8 nitrogen and oxygen atoms in total. The Kier molecular flexibility index (Phi) is 6.93. The highest BCUT2D eigenvalue weighted by Gasteiger charge is 2.32. The minimum Gasteiger partial charge on any atom is -0.325 e. The minimum absolute atomic E-state index is 0.0464. The molecule has 1 saturated heterocycles. The van der Waals surface area contributed by atoms with Crippen molar-refractivity contribution in [3.63, 3.8) is 0 Å². The Bertz CT molecular complexity index is 1100. The molecule has 0 spiro atoms. The van der Waals surface area contributed by atoms with Crippen LogP contribution < -0.4 is 5.32 Å². The maximum Gasteiger partial charge on any atom is 0.274 e. The molecule has 11 heteroatoms. The summed E-state index contributed by atoms with van der Waals surface area (Å²) >= 11 is 5.94.